The quantitative estimate of drug-likeness (QED) is 0.651. The molecule has 1 atom stereocenters. The van der Waals surface area contributed by atoms with Crippen molar-refractivity contribution >= 4 is 5.91 Å². The van der Waals surface area contributed by atoms with Crippen LogP contribution in [-0.2, 0) is 9.53 Å². The summed E-state index contributed by atoms with van der Waals surface area (Å²) in [6.07, 6.45) is 2.69. The first-order chi connectivity index (χ1) is 5.33. The molecule has 0 aromatic heterocycles. The molecule has 11 heavy (non-hydrogen) atoms. The number of rotatable bonds is 2. The molecule has 3 nitrogen and oxygen atoms in total. The smallest absolute Gasteiger partial charge is 0.220 e. The predicted molar refractivity (Wildman–Crippen MR) is 44.4 cm³/mol. The number of carbonyl (C=O) groups is 1. The van der Waals surface area contributed by atoms with Crippen LogP contribution in [0.15, 0.2) is 0 Å². The van der Waals surface area contributed by atoms with E-state index in [1.165, 1.54) is 0 Å². The largest absolute Gasteiger partial charge is 0.379 e. The Labute approximate surface area is 68.6 Å². The topological polar surface area (TPSA) is 38.3 Å². The first-order valence-electron chi connectivity index (χ1n) is 4.20. The molecule has 1 aliphatic heterocycles. The summed E-state index contributed by atoms with van der Waals surface area (Å²) in [5.74, 6) is 0.125. The van der Waals surface area contributed by atoms with Gasteiger partial charge >= 0.3 is 0 Å². The Morgan fingerprint density at radius 2 is 2.64 bits per heavy atom. The second-order valence-electron chi connectivity index (χ2n) is 2.84. The Morgan fingerprint density at radius 3 is 3.18 bits per heavy atom. The van der Waals surface area contributed by atoms with Crippen molar-refractivity contribution in [2.45, 2.75) is 32.2 Å². The van der Waals surface area contributed by atoms with Crippen molar-refractivity contribution in [1.29, 1.82) is 0 Å². The molecule has 0 spiro atoms. The lowest BCUT2D eigenvalue weighted by Gasteiger charge is -2.22. The van der Waals surface area contributed by atoms with E-state index in [2.05, 4.69) is 5.32 Å². The van der Waals surface area contributed by atoms with Crippen LogP contribution in [0.1, 0.15) is 27.6 Å². The van der Waals surface area contributed by atoms with Crippen LogP contribution in [0.3, 0.4) is 0 Å². The fraction of sp³-hybridized carbons (Fsp3) is 0.875. The van der Waals surface area contributed by atoms with E-state index in [-0.39, 0.29) is 13.4 Å². The molecule has 0 radical (unpaired) electrons. The lowest BCUT2D eigenvalue weighted by Crippen LogP contribution is -2.40. The highest BCUT2D eigenvalue weighted by atomic mass is 16.5. The van der Waals surface area contributed by atoms with E-state index in [0.717, 1.165) is 19.4 Å². The number of ether oxygens (including phenoxy) is 1. The zero-order valence-electron chi connectivity index (χ0n) is 6.93. The maximum Gasteiger partial charge on any atom is 0.220 e. The molecular formula is C8H17NO2. The van der Waals surface area contributed by atoms with Crippen molar-refractivity contribution in [2.24, 2.45) is 0 Å². The molecule has 0 bridgehead atoms. The maximum absolute atomic E-state index is 10.9. The molecule has 66 valence electrons. The van der Waals surface area contributed by atoms with Gasteiger partial charge in [-0.3, -0.25) is 4.79 Å². The molecule has 0 aromatic rings. The molecule has 1 fully saturated rings. The summed E-state index contributed by atoms with van der Waals surface area (Å²) in [7, 11) is 0. The van der Waals surface area contributed by atoms with Crippen LogP contribution in [0, 0.1) is 0 Å². The van der Waals surface area contributed by atoms with Gasteiger partial charge in [-0.25, -0.2) is 0 Å². The van der Waals surface area contributed by atoms with E-state index in [1.807, 2.05) is 6.92 Å². The minimum Gasteiger partial charge on any atom is -0.379 e. The van der Waals surface area contributed by atoms with E-state index in [9.17, 15) is 4.79 Å². The summed E-state index contributed by atoms with van der Waals surface area (Å²) in [5, 5.41) is 2.90. The van der Waals surface area contributed by atoms with E-state index in [1.54, 1.807) is 0 Å². The summed E-state index contributed by atoms with van der Waals surface area (Å²) >= 11 is 0. The van der Waals surface area contributed by atoms with Gasteiger partial charge in [0.1, 0.15) is 0 Å². The average Bonchev–Trinajstić information content (AvgIpc) is 2.06. The third-order valence-corrected chi connectivity index (χ3v) is 1.85. The maximum atomic E-state index is 10.9. The number of carbonyl (C=O) groups excluding carboxylic acids is 1. The Balaban J connectivity index is 0.00000121. The van der Waals surface area contributed by atoms with Crippen LogP contribution >= 0.6 is 0 Å². The normalized spacial score (nSPS) is 24.6. The van der Waals surface area contributed by atoms with E-state index in [0.29, 0.717) is 13.0 Å². The summed E-state index contributed by atoms with van der Waals surface area (Å²) < 4.78 is 5.21. The molecule has 1 rings (SSSR count). The third kappa shape index (κ3) is 2.89. The Kier molecular flexibility index (Phi) is 3.36. The Morgan fingerprint density at radius 1 is 1.82 bits per heavy atom. The van der Waals surface area contributed by atoms with Crippen LogP contribution in [0.25, 0.3) is 0 Å². The lowest BCUT2D eigenvalue weighted by atomic mass is 10.1. The minimum atomic E-state index is 0. The van der Waals surface area contributed by atoms with Gasteiger partial charge in [-0.15, -0.1) is 0 Å². The van der Waals surface area contributed by atoms with Crippen molar-refractivity contribution in [1.82, 2.24) is 5.32 Å². The number of amides is 1. The summed E-state index contributed by atoms with van der Waals surface area (Å²) in [6, 6.07) is 0.260. The van der Waals surface area contributed by atoms with Crippen molar-refractivity contribution in [3.8, 4) is 0 Å². The second kappa shape index (κ2) is 4.34. The first kappa shape index (κ1) is 8.53. The molecule has 0 aliphatic carbocycles. The Hall–Kier alpha value is -0.570. The highest BCUT2D eigenvalue weighted by Gasteiger charge is 2.14. The molecule has 0 saturated carbocycles. The van der Waals surface area contributed by atoms with Crippen LogP contribution < -0.4 is 5.32 Å². The molecule has 0 aromatic carbocycles. The van der Waals surface area contributed by atoms with E-state index >= 15 is 0 Å². The van der Waals surface area contributed by atoms with Gasteiger partial charge in [-0.2, -0.15) is 0 Å². The fourth-order valence-corrected chi connectivity index (χ4v) is 1.18. The van der Waals surface area contributed by atoms with Gasteiger partial charge in [0.2, 0.25) is 5.91 Å². The molecule has 1 saturated heterocycles. The fourth-order valence-electron chi connectivity index (χ4n) is 1.18. The average molecular weight is 159 g/mol. The van der Waals surface area contributed by atoms with Gasteiger partial charge in [0.15, 0.2) is 0 Å². The molecule has 1 heterocycles. The van der Waals surface area contributed by atoms with Crippen molar-refractivity contribution in [2.75, 3.05) is 13.2 Å². The lowest BCUT2D eigenvalue weighted by molar-refractivity contribution is -0.122. The summed E-state index contributed by atoms with van der Waals surface area (Å²) in [5.41, 5.74) is 0. The molecule has 1 N–H and O–H groups in total. The second-order valence-corrected chi connectivity index (χ2v) is 2.84. The summed E-state index contributed by atoms with van der Waals surface area (Å²) in [6.45, 7) is 3.39. The number of hydrogen-bond acceptors (Lipinski definition) is 2. The monoisotopic (exact) mass is 159 g/mol. The van der Waals surface area contributed by atoms with Gasteiger partial charge in [-0.1, -0.05) is 6.92 Å². The molecule has 1 amide bonds. The third-order valence-electron chi connectivity index (χ3n) is 1.85. The Bertz CT molecular complexity index is 135. The molecule has 1 aliphatic rings. The minimum absolute atomic E-state index is 0. The predicted octanol–water partition coefficient (Wildman–Crippen LogP) is 0.938. The zero-order valence-corrected chi connectivity index (χ0v) is 6.93. The number of nitrogens with one attached hydrogen (secondary N) is 1. The zero-order chi connectivity index (χ0) is 8.10. The molecule has 1 unspecified atom stereocenters. The van der Waals surface area contributed by atoms with Crippen LogP contribution in [0.2, 0.25) is 0 Å². The van der Waals surface area contributed by atoms with Gasteiger partial charge in [0.05, 0.1) is 12.6 Å². The molecule has 3 heteroatoms. The van der Waals surface area contributed by atoms with Crippen molar-refractivity contribution in [3.63, 3.8) is 0 Å². The summed E-state index contributed by atoms with van der Waals surface area (Å²) in [4.78, 5) is 10.9. The van der Waals surface area contributed by atoms with Crippen LogP contribution in [-0.4, -0.2) is 25.2 Å². The van der Waals surface area contributed by atoms with Crippen LogP contribution in [0.4, 0.5) is 0 Å². The highest BCUT2D eigenvalue weighted by Crippen LogP contribution is 2.05. The van der Waals surface area contributed by atoms with Gasteiger partial charge in [0, 0.05) is 14.5 Å². The standard InChI is InChI=1S/C8H15NO2.H2/c1-2-8(10)9-7-4-3-5-11-6-7;/h7H,2-6H2,1H3,(H,9,10);1H. The van der Waals surface area contributed by atoms with Gasteiger partial charge in [-0.05, 0) is 12.8 Å². The number of hydrogen-bond donors (Lipinski definition) is 1. The van der Waals surface area contributed by atoms with Crippen molar-refractivity contribution in [3.05, 3.63) is 0 Å². The van der Waals surface area contributed by atoms with Gasteiger partial charge in [0.25, 0.3) is 0 Å². The van der Waals surface area contributed by atoms with E-state index in [4.69, 9.17) is 4.74 Å². The first-order valence-corrected chi connectivity index (χ1v) is 4.20. The highest BCUT2D eigenvalue weighted by molar-refractivity contribution is 5.75. The molecular weight excluding hydrogens is 142 g/mol. The van der Waals surface area contributed by atoms with Gasteiger partial charge < -0.3 is 10.1 Å². The SMILES string of the molecule is CCC(=O)NC1CCCOC1.[HH]. The van der Waals surface area contributed by atoms with Crippen molar-refractivity contribution < 1.29 is 11.0 Å². The van der Waals surface area contributed by atoms with E-state index < -0.39 is 0 Å². The van der Waals surface area contributed by atoms with Crippen LogP contribution in [0.5, 0.6) is 0 Å².